The lowest BCUT2D eigenvalue weighted by atomic mass is 10.1. The Labute approximate surface area is 144 Å². The number of ether oxygens (including phenoxy) is 1. The van der Waals surface area contributed by atoms with Crippen molar-refractivity contribution in [1.29, 1.82) is 0 Å². The van der Waals surface area contributed by atoms with Gasteiger partial charge in [-0.3, -0.25) is 4.79 Å². The molecule has 2 aromatic carbocycles. The van der Waals surface area contributed by atoms with E-state index in [-0.39, 0.29) is 19.0 Å². The van der Waals surface area contributed by atoms with Crippen molar-refractivity contribution in [1.82, 2.24) is 14.8 Å². The highest BCUT2D eigenvalue weighted by atomic mass is 16.5. The van der Waals surface area contributed by atoms with Crippen LogP contribution in [0, 0.1) is 0 Å². The van der Waals surface area contributed by atoms with E-state index in [1.807, 2.05) is 67.0 Å². The summed E-state index contributed by atoms with van der Waals surface area (Å²) in [6.45, 7) is 0.216. The third kappa shape index (κ3) is 3.30. The summed E-state index contributed by atoms with van der Waals surface area (Å²) in [6.07, 6.45) is 5.69. The van der Waals surface area contributed by atoms with Crippen LogP contribution >= 0.6 is 0 Å². The van der Waals surface area contributed by atoms with E-state index >= 15 is 0 Å². The quantitative estimate of drug-likeness (QED) is 0.568. The average molecular weight is 331 g/mol. The number of esters is 1. The summed E-state index contributed by atoms with van der Waals surface area (Å²) in [6, 6.07) is 17.7. The number of para-hydroxylation sites is 2. The van der Waals surface area contributed by atoms with Crippen LogP contribution < -0.4 is 0 Å². The first-order valence-corrected chi connectivity index (χ1v) is 8.09. The largest absolute Gasteiger partial charge is 0.460 e. The molecule has 25 heavy (non-hydrogen) atoms. The first kappa shape index (κ1) is 15.2. The van der Waals surface area contributed by atoms with Crippen LogP contribution in [0.15, 0.2) is 73.2 Å². The molecule has 0 atom stereocenters. The summed E-state index contributed by atoms with van der Waals surface area (Å²) in [7, 11) is 0. The van der Waals surface area contributed by atoms with Gasteiger partial charge in [0, 0.05) is 28.9 Å². The second kappa shape index (κ2) is 6.65. The van der Waals surface area contributed by atoms with E-state index in [2.05, 4.69) is 10.1 Å². The van der Waals surface area contributed by atoms with Crippen LogP contribution in [0.1, 0.15) is 11.1 Å². The molecule has 0 amide bonds. The minimum atomic E-state index is -0.253. The maximum Gasteiger partial charge on any atom is 0.310 e. The predicted molar refractivity (Wildman–Crippen MR) is 95.4 cm³/mol. The molecule has 0 saturated carbocycles. The van der Waals surface area contributed by atoms with E-state index in [0.29, 0.717) is 0 Å². The van der Waals surface area contributed by atoms with E-state index in [0.717, 1.165) is 27.7 Å². The Balaban J connectivity index is 1.38. The van der Waals surface area contributed by atoms with Crippen molar-refractivity contribution < 1.29 is 9.53 Å². The molecule has 0 spiro atoms. The SMILES string of the molecule is O=C(Cc1c[nH]c2ccccc12)OCc1cnn(-c2ccccc2)c1. The molecule has 4 aromatic rings. The van der Waals surface area contributed by atoms with E-state index in [9.17, 15) is 4.79 Å². The van der Waals surface area contributed by atoms with Gasteiger partial charge in [0.2, 0.25) is 0 Å². The van der Waals surface area contributed by atoms with Crippen LogP contribution in [0.2, 0.25) is 0 Å². The van der Waals surface area contributed by atoms with Crippen LogP contribution in [-0.2, 0) is 22.6 Å². The fourth-order valence-corrected chi connectivity index (χ4v) is 2.80. The van der Waals surface area contributed by atoms with Gasteiger partial charge in [0.15, 0.2) is 0 Å². The first-order chi connectivity index (χ1) is 12.3. The summed E-state index contributed by atoms with van der Waals surface area (Å²) in [5.41, 5.74) is 3.80. The number of nitrogens with zero attached hydrogens (tertiary/aromatic N) is 2. The number of nitrogens with one attached hydrogen (secondary N) is 1. The molecule has 2 aromatic heterocycles. The zero-order chi connectivity index (χ0) is 17.1. The highest BCUT2D eigenvalue weighted by Crippen LogP contribution is 2.18. The van der Waals surface area contributed by atoms with Crippen LogP contribution in [0.5, 0.6) is 0 Å². The molecule has 5 nitrogen and oxygen atoms in total. The summed E-state index contributed by atoms with van der Waals surface area (Å²) in [5, 5.41) is 5.35. The molecule has 0 unspecified atom stereocenters. The lowest BCUT2D eigenvalue weighted by Gasteiger charge is -2.03. The molecule has 0 aliphatic rings. The highest BCUT2D eigenvalue weighted by Gasteiger charge is 2.10. The molecule has 0 fully saturated rings. The number of aromatic nitrogens is 3. The maximum atomic E-state index is 12.1. The van der Waals surface area contributed by atoms with Crippen molar-refractivity contribution in [2.45, 2.75) is 13.0 Å². The Hall–Kier alpha value is -3.34. The molecule has 124 valence electrons. The fraction of sp³-hybridized carbons (Fsp3) is 0.100. The highest BCUT2D eigenvalue weighted by molar-refractivity contribution is 5.87. The van der Waals surface area contributed by atoms with Crippen molar-refractivity contribution in [3.05, 3.63) is 84.3 Å². The van der Waals surface area contributed by atoms with Gasteiger partial charge in [-0.25, -0.2) is 4.68 Å². The minimum Gasteiger partial charge on any atom is -0.460 e. The van der Waals surface area contributed by atoms with E-state index in [1.54, 1.807) is 10.9 Å². The van der Waals surface area contributed by atoms with Crippen molar-refractivity contribution >= 4 is 16.9 Å². The smallest absolute Gasteiger partial charge is 0.310 e. The molecule has 0 saturated heterocycles. The number of fused-ring (bicyclic) bond motifs is 1. The summed E-state index contributed by atoms with van der Waals surface area (Å²) in [5.74, 6) is -0.253. The third-order valence-corrected chi connectivity index (χ3v) is 4.07. The standard InChI is InChI=1S/C20H17N3O2/c24-20(10-16-12-21-19-9-5-4-8-18(16)19)25-14-15-11-22-23(13-15)17-6-2-1-3-7-17/h1-9,11-13,21H,10,14H2. The Kier molecular flexibility index (Phi) is 4.04. The Bertz CT molecular complexity index is 1000. The molecule has 0 aliphatic carbocycles. The second-order valence-electron chi connectivity index (χ2n) is 5.83. The van der Waals surface area contributed by atoms with Gasteiger partial charge >= 0.3 is 5.97 Å². The molecule has 5 heteroatoms. The van der Waals surface area contributed by atoms with Crippen molar-refractivity contribution in [3.8, 4) is 5.69 Å². The van der Waals surface area contributed by atoms with Gasteiger partial charge in [-0.05, 0) is 23.8 Å². The topological polar surface area (TPSA) is 59.9 Å². The van der Waals surface area contributed by atoms with Crippen molar-refractivity contribution in [2.75, 3.05) is 0 Å². The van der Waals surface area contributed by atoms with Crippen LogP contribution in [-0.4, -0.2) is 20.7 Å². The average Bonchev–Trinajstić information content (AvgIpc) is 3.28. The third-order valence-electron chi connectivity index (χ3n) is 4.07. The zero-order valence-corrected chi connectivity index (χ0v) is 13.6. The lowest BCUT2D eigenvalue weighted by molar-refractivity contribution is -0.144. The first-order valence-electron chi connectivity index (χ1n) is 8.09. The van der Waals surface area contributed by atoms with Gasteiger partial charge in [0.25, 0.3) is 0 Å². The second-order valence-corrected chi connectivity index (χ2v) is 5.83. The number of rotatable bonds is 5. The van der Waals surface area contributed by atoms with E-state index in [4.69, 9.17) is 4.74 Å². The molecule has 4 rings (SSSR count). The molecular formula is C20H17N3O2. The minimum absolute atomic E-state index is 0.216. The van der Waals surface area contributed by atoms with Gasteiger partial charge in [0.05, 0.1) is 18.3 Å². The van der Waals surface area contributed by atoms with Gasteiger partial charge in [0.1, 0.15) is 6.61 Å². The molecular weight excluding hydrogens is 314 g/mol. The number of hydrogen-bond acceptors (Lipinski definition) is 3. The van der Waals surface area contributed by atoms with Crippen molar-refractivity contribution in [2.24, 2.45) is 0 Å². The molecule has 0 aliphatic heterocycles. The molecule has 0 radical (unpaired) electrons. The monoisotopic (exact) mass is 331 g/mol. The molecule has 2 heterocycles. The zero-order valence-electron chi connectivity index (χ0n) is 13.6. The number of carbonyl (C=O) groups excluding carboxylic acids is 1. The number of H-pyrrole nitrogens is 1. The summed E-state index contributed by atoms with van der Waals surface area (Å²) < 4.78 is 7.16. The van der Waals surface area contributed by atoms with Crippen molar-refractivity contribution in [3.63, 3.8) is 0 Å². The van der Waals surface area contributed by atoms with E-state index < -0.39 is 0 Å². The summed E-state index contributed by atoms with van der Waals surface area (Å²) in [4.78, 5) is 15.3. The molecule has 1 N–H and O–H groups in total. The normalized spacial score (nSPS) is 10.9. The lowest BCUT2D eigenvalue weighted by Crippen LogP contribution is -2.07. The fourth-order valence-electron chi connectivity index (χ4n) is 2.80. The number of hydrogen-bond donors (Lipinski definition) is 1. The Morgan fingerprint density at radius 2 is 1.88 bits per heavy atom. The van der Waals surface area contributed by atoms with Crippen LogP contribution in [0.25, 0.3) is 16.6 Å². The Morgan fingerprint density at radius 1 is 1.08 bits per heavy atom. The molecule has 0 bridgehead atoms. The van der Waals surface area contributed by atoms with Crippen LogP contribution in [0.4, 0.5) is 0 Å². The Morgan fingerprint density at radius 3 is 2.76 bits per heavy atom. The predicted octanol–water partition coefficient (Wildman–Crippen LogP) is 3.64. The van der Waals surface area contributed by atoms with E-state index in [1.165, 1.54) is 0 Å². The van der Waals surface area contributed by atoms with Gasteiger partial charge in [-0.2, -0.15) is 5.10 Å². The number of benzene rings is 2. The van der Waals surface area contributed by atoms with Gasteiger partial charge in [-0.15, -0.1) is 0 Å². The number of aromatic amines is 1. The summed E-state index contributed by atoms with van der Waals surface area (Å²) >= 11 is 0. The van der Waals surface area contributed by atoms with Gasteiger partial charge in [-0.1, -0.05) is 36.4 Å². The number of carbonyl (C=O) groups is 1. The van der Waals surface area contributed by atoms with Gasteiger partial charge < -0.3 is 9.72 Å². The van der Waals surface area contributed by atoms with Crippen LogP contribution in [0.3, 0.4) is 0 Å². The maximum absolute atomic E-state index is 12.1.